The Labute approximate surface area is 193 Å². The summed E-state index contributed by atoms with van der Waals surface area (Å²) >= 11 is 20.0. The zero-order valence-electron chi connectivity index (χ0n) is 15.8. The highest BCUT2D eigenvalue weighted by molar-refractivity contribution is 7.98. The van der Waals surface area contributed by atoms with Crippen molar-refractivity contribution < 1.29 is 4.74 Å². The summed E-state index contributed by atoms with van der Waals surface area (Å²) in [5, 5.41) is 11.3. The Morgan fingerprint density at radius 1 is 0.867 bits per heavy atom. The van der Waals surface area contributed by atoms with E-state index in [2.05, 4.69) is 10.2 Å². The molecule has 0 atom stereocenters. The number of hydrogen-bond donors (Lipinski definition) is 0. The quantitative estimate of drug-likeness (QED) is 0.276. The molecule has 1 heterocycles. The minimum absolute atomic E-state index is 0.470. The van der Waals surface area contributed by atoms with Gasteiger partial charge in [0, 0.05) is 16.3 Å². The Hall–Kier alpha value is -2.18. The van der Waals surface area contributed by atoms with E-state index in [1.807, 2.05) is 65.2 Å². The van der Waals surface area contributed by atoms with Crippen molar-refractivity contribution in [2.45, 2.75) is 10.9 Å². The zero-order chi connectivity index (χ0) is 21.1. The van der Waals surface area contributed by atoms with Crippen LogP contribution < -0.4 is 4.74 Å². The molecular weight excluding hydrogens is 461 g/mol. The third kappa shape index (κ3) is 4.60. The molecule has 0 aliphatic heterocycles. The third-order valence-electron chi connectivity index (χ3n) is 4.42. The maximum Gasteiger partial charge on any atom is 0.196 e. The molecule has 0 bridgehead atoms. The van der Waals surface area contributed by atoms with Gasteiger partial charge >= 0.3 is 0 Å². The molecule has 0 unspecified atom stereocenters. The second-order valence-corrected chi connectivity index (χ2v) is 8.58. The molecule has 4 rings (SSSR count). The number of benzene rings is 3. The molecule has 0 saturated heterocycles. The second kappa shape index (κ2) is 9.31. The lowest BCUT2D eigenvalue weighted by Crippen LogP contribution is -2.00. The molecule has 0 radical (unpaired) electrons. The molecular formula is C22H16Cl3N3OS. The molecule has 0 N–H and O–H groups in total. The summed E-state index contributed by atoms with van der Waals surface area (Å²) in [6.45, 7) is 0. The summed E-state index contributed by atoms with van der Waals surface area (Å²) in [7, 11) is 1.64. The van der Waals surface area contributed by atoms with Crippen molar-refractivity contribution in [1.29, 1.82) is 0 Å². The normalized spacial score (nSPS) is 10.9. The van der Waals surface area contributed by atoms with Gasteiger partial charge in [-0.05, 0) is 60.2 Å². The lowest BCUT2D eigenvalue weighted by molar-refractivity contribution is 0.415. The first-order valence-electron chi connectivity index (χ1n) is 8.97. The molecule has 30 heavy (non-hydrogen) atoms. The second-order valence-electron chi connectivity index (χ2n) is 6.38. The van der Waals surface area contributed by atoms with E-state index >= 15 is 0 Å². The molecule has 8 heteroatoms. The van der Waals surface area contributed by atoms with Gasteiger partial charge in [-0.2, -0.15) is 0 Å². The van der Waals surface area contributed by atoms with E-state index in [4.69, 9.17) is 39.5 Å². The number of rotatable bonds is 6. The highest BCUT2D eigenvalue weighted by Crippen LogP contribution is 2.33. The van der Waals surface area contributed by atoms with Crippen molar-refractivity contribution in [3.63, 3.8) is 0 Å². The van der Waals surface area contributed by atoms with Gasteiger partial charge in [0.2, 0.25) is 0 Å². The molecule has 3 aromatic carbocycles. The Balaban J connectivity index is 1.74. The van der Waals surface area contributed by atoms with Crippen LogP contribution in [0, 0.1) is 0 Å². The SMILES string of the molecule is COc1ccc(-c2nnc(SCc3ccc(Cl)cc3)n2-c2ccc(Cl)c(Cl)c2)cc1. The van der Waals surface area contributed by atoms with Gasteiger partial charge in [-0.1, -0.05) is 58.7 Å². The van der Waals surface area contributed by atoms with Crippen LogP contribution in [0.4, 0.5) is 0 Å². The summed E-state index contributed by atoms with van der Waals surface area (Å²) in [6, 6.07) is 20.9. The summed E-state index contributed by atoms with van der Waals surface area (Å²) in [4.78, 5) is 0. The van der Waals surface area contributed by atoms with Gasteiger partial charge in [-0.3, -0.25) is 4.57 Å². The van der Waals surface area contributed by atoms with Crippen LogP contribution in [0.3, 0.4) is 0 Å². The number of aromatic nitrogens is 3. The Morgan fingerprint density at radius 3 is 2.27 bits per heavy atom. The van der Waals surface area contributed by atoms with E-state index in [-0.39, 0.29) is 0 Å². The van der Waals surface area contributed by atoms with Crippen LogP contribution in [-0.2, 0) is 5.75 Å². The average Bonchev–Trinajstić information content (AvgIpc) is 3.19. The fourth-order valence-electron chi connectivity index (χ4n) is 2.88. The molecule has 0 saturated carbocycles. The van der Waals surface area contributed by atoms with Gasteiger partial charge in [-0.25, -0.2) is 0 Å². The fourth-order valence-corrected chi connectivity index (χ4v) is 4.20. The highest BCUT2D eigenvalue weighted by Gasteiger charge is 2.17. The first-order valence-corrected chi connectivity index (χ1v) is 11.1. The smallest absolute Gasteiger partial charge is 0.196 e. The van der Waals surface area contributed by atoms with E-state index in [0.29, 0.717) is 20.9 Å². The molecule has 0 fully saturated rings. The van der Waals surface area contributed by atoms with Crippen molar-refractivity contribution in [3.05, 3.63) is 87.4 Å². The lowest BCUT2D eigenvalue weighted by atomic mass is 10.2. The van der Waals surface area contributed by atoms with Gasteiger partial charge in [0.05, 0.1) is 22.8 Å². The maximum absolute atomic E-state index is 6.29. The monoisotopic (exact) mass is 475 g/mol. The Morgan fingerprint density at radius 2 is 1.60 bits per heavy atom. The predicted molar refractivity (Wildman–Crippen MR) is 124 cm³/mol. The molecule has 1 aromatic heterocycles. The number of nitrogens with zero attached hydrogens (tertiary/aromatic N) is 3. The molecule has 0 amide bonds. The first kappa shape index (κ1) is 21.1. The largest absolute Gasteiger partial charge is 0.497 e. The van der Waals surface area contributed by atoms with Crippen LogP contribution in [-0.4, -0.2) is 21.9 Å². The zero-order valence-corrected chi connectivity index (χ0v) is 18.9. The van der Waals surface area contributed by atoms with E-state index < -0.39 is 0 Å². The third-order valence-corrected chi connectivity index (χ3v) is 6.42. The minimum atomic E-state index is 0.470. The molecule has 152 valence electrons. The van der Waals surface area contributed by atoms with Crippen molar-refractivity contribution in [2.75, 3.05) is 7.11 Å². The predicted octanol–water partition coefficient (Wildman–Crippen LogP) is 7.20. The van der Waals surface area contributed by atoms with Crippen LogP contribution in [0.15, 0.2) is 71.9 Å². The lowest BCUT2D eigenvalue weighted by Gasteiger charge is -2.12. The van der Waals surface area contributed by atoms with Crippen molar-refractivity contribution in [1.82, 2.24) is 14.8 Å². The Bertz CT molecular complexity index is 1160. The standard InChI is InChI=1S/C22H16Cl3N3OS/c1-29-18-9-4-15(5-10-18)21-26-27-22(30-13-14-2-6-16(23)7-3-14)28(21)17-8-11-19(24)20(25)12-17/h2-12H,13H2,1H3. The van der Waals surface area contributed by atoms with Gasteiger partial charge in [0.25, 0.3) is 0 Å². The van der Waals surface area contributed by atoms with Crippen molar-refractivity contribution in [3.8, 4) is 22.8 Å². The van der Waals surface area contributed by atoms with Crippen LogP contribution in [0.1, 0.15) is 5.56 Å². The highest BCUT2D eigenvalue weighted by atomic mass is 35.5. The summed E-state index contributed by atoms with van der Waals surface area (Å²) in [5.74, 6) is 2.20. The molecule has 0 aliphatic rings. The van der Waals surface area contributed by atoms with Gasteiger partial charge in [0.1, 0.15) is 5.75 Å². The molecule has 4 aromatic rings. The van der Waals surface area contributed by atoms with Crippen LogP contribution >= 0.6 is 46.6 Å². The minimum Gasteiger partial charge on any atom is -0.497 e. The Kier molecular flexibility index (Phi) is 6.54. The van der Waals surface area contributed by atoms with Gasteiger partial charge in [-0.15, -0.1) is 10.2 Å². The van der Waals surface area contributed by atoms with Crippen LogP contribution in [0.2, 0.25) is 15.1 Å². The average molecular weight is 477 g/mol. The number of thioether (sulfide) groups is 1. The summed E-state index contributed by atoms with van der Waals surface area (Å²) in [5.41, 5.74) is 2.88. The van der Waals surface area contributed by atoms with Gasteiger partial charge in [0.15, 0.2) is 11.0 Å². The number of hydrogen-bond acceptors (Lipinski definition) is 4. The van der Waals surface area contributed by atoms with Gasteiger partial charge < -0.3 is 4.74 Å². The molecule has 0 spiro atoms. The summed E-state index contributed by atoms with van der Waals surface area (Å²) in [6.07, 6.45) is 0. The van der Waals surface area contributed by atoms with Crippen LogP contribution in [0.25, 0.3) is 17.1 Å². The molecule has 4 nitrogen and oxygen atoms in total. The topological polar surface area (TPSA) is 39.9 Å². The van der Waals surface area contributed by atoms with E-state index in [1.165, 1.54) is 0 Å². The summed E-state index contributed by atoms with van der Waals surface area (Å²) < 4.78 is 7.24. The van der Waals surface area contributed by atoms with Crippen molar-refractivity contribution in [2.24, 2.45) is 0 Å². The van der Waals surface area contributed by atoms with Crippen molar-refractivity contribution >= 4 is 46.6 Å². The van der Waals surface area contributed by atoms with E-state index in [1.54, 1.807) is 24.9 Å². The first-order chi connectivity index (χ1) is 14.5. The van der Waals surface area contributed by atoms with E-state index in [9.17, 15) is 0 Å². The fraction of sp³-hybridized carbons (Fsp3) is 0.0909. The molecule has 0 aliphatic carbocycles. The number of ether oxygens (including phenoxy) is 1. The maximum atomic E-state index is 6.29. The van der Waals surface area contributed by atoms with E-state index in [0.717, 1.165) is 33.5 Å². The van der Waals surface area contributed by atoms with Crippen LogP contribution in [0.5, 0.6) is 5.75 Å². The number of methoxy groups -OCH3 is 1. The number of halogens is 3.